The smallest absolute Gasteiger partial charge is 0.492 e. The molecule has 2 N–H and O–H groups in total. The van der Waals surface area contributed by atoms with Gasteiger partial charge in [-0.1, -0.05) is 38.1 Å². The van der Waals surface area contributed by atoms with Gasteiger partial charge in [-0.3, -0.25) is 0 Å². The number of nitrogen functional groups attached to an aromatic ring is 1. The molecule has 1 aliphatic heterocycles. The largest absolute Gasteiger partial charge is 0.573 e. The van der Waals surface area contributed by atoms with E-state index in [1.807, 2.05) is 11.1 Å². The highest BCUT2D eigenvalue weighted by molar-refractivity contribution is 5.87. The Bertz CT molecular complexity index is 906. The van der Waals surface area contributed by atoms with E-state index in [4.69, 9.17) is 10.5 Å². The molecule has 2 aromatic carbocycles. The Morgan fingerprint density at radius 2 is 2.00 bits per heavy atom. The molecule has 29 heavy (non-hydrogen) atoms. The van der Waals surface area contributed by atoms with E-state index in [1.54, 1.807) is 24.4 Å². The zero-order valence-corrected chi connectivity index (χ0v) is 16.1. The molecule has 7 heteroatoms. The number of unbranched alkanes of at least 4 members (excludes halogenated alkanes) is 1. The molecule has 0 aliphatic carbocycles. The average Bonchev–Trinajstić information content (AvgIpc) is 3.14. The average molecular weight is 404 g/mol. The molecule has 2 aromatic rings. The molecule has 0 fully saturated rings. The van der Waals surface area contributed by atoms with Crippen LogP contribution in [-0.2, 0) is 6.42 Å². The Hall–Kier alpha value is -3.09. The molecule has 0 radical (unpaired) electrons. The van der Waals surface area contributed by atoms with E-state index in [9.17, 15) is 13.2 Å². The van der Waals surface area contributed by atoms with Crippen LogP contribution in [0, 0.1) is 0 Å². The Morgan fingerprint density at radius 1 is 1.28 bits per heavy atom. The lowest BCUT2D eigenvalue weighted by atomic mass is 9.97. The van der Waals surface area contributed by atoms with Crippen LogP contribution < -0.4 is 20.1 Å². The van der Waals surface area contributed by atoms with Gasteiger partial charge in [-0.05, 0) is 30.2 Å². The van der Waals surface area contributed by atoms with Crippen molar-refractivity contribution < 1.29 is 22.6 Å². The van der Waals surface area contributed by atoms with E-state index in [-0.39, 0.29) is 5.75 Å². The number of nitrogens with two attached hydrogens (primary N) is 1. The molecule has 1 aliphatic rings. The van der Waals surface area contributed by atoms with Crippen molar-refractivity contribution in [1.82, 2.24) is 0 Å². The molecular formula is C22H23F3N2O2. The number of alkyl halides is 3. The van der Waals surface area contributed by atoms with Crippen LogP contribution in [-0.4, -0.2) is 13.0 Å². The molecular weight excluding hydrogens is 381 g/mol. The first-order valence-corrected chi connectivity index (χ1v) is 9.36. The highest BCUT2D eigenvalue weighted by Gasteiger charge is 2.31. The molecule has 4 nitrogen and oxygen atoms in total. The number of allylic oxidation sites excluding steroid dienone is 1. The molecule has 0 bridgehead atoms. The number of benzene rings is 2. The number of fused-ring (bicyclic) bond motifs is 1. The minimum Gasteiger partial charge on any atom is -0.492 e. The zero-order valence-electron chi connectivity index (χ0n) is 16.1. The van der Waals surface area contributed by atoms with Crippen molar-refractivity contribution in [3.8, 4) is 22.6 Å². The van der Waals surface area contributed by atoms with Gasteiger partial charge in [-0.15, -0.1) is 13.2 Å². The standard InChI is InChI=1S/C22H23F3N2O2/c1-3-5-6-12-27(4-2)20-17-11-13-28-21(17)18(14-19(20)26)15-7-9-16(10-8-15)29-22(23,24)25/h4,6-10,12,14H,2-3,5,11,13,26H2,1H3/b12-6-. The predicted molar refractivity (Wildman–Crippen MR) is 109 cm³/mol. The van der Waals surface area contributed by atoms with Gasteiger partial charge in [-0.25, -0.2) is 0 Å². The minimum absolute atomic E-state index is 0.276. The fourth-order valence-electron chi connectivity index (χ4n) is 3.32. The number of halogens is 3. The van der Waals surface area contributed by atoms with E-state index in [2.05, 4.69) is 24.3 Å². The van der Waals surface area contributed by atoms with Crippen LogP contribution in [0.15, 0.2) is 55.4 Å². The third-order valence-electron chi connectivity index (χ3n) is 4.55. The Kier molecular flexibility index (Phi) is 6.06. The van der Waals surface area contributed by atoms with Gasteiger partial charge in [0.05, 0.1) is 18.0 Å². The summed E-state index contributed by atoms with van der Waals surface area (Å²) in [6.45, 7) is 6.49. The highest BCUT2D eigenvalue weighted by Crippen LogP contribution is 2.46. The van der Waals surface area contributed by atoms with Crippen molar-refractivity contribution in [2.24, 2.45) is 0 Å². The lowest BCUT2D eigenvalue weighted by molar-refractivity contribution is -0.274. The van der Waals surface area contributed by atoms with Crippen molar-refractivity contribution in [2.75, 3.05) is 17.2 Å². The molecule has 0 amide bonds. The van der Waals surface area contributed by atoms with Crippen LogP contribution in [0.2, 0.25) is 0 Å². The fraction of sp³-hybridized carbons (Fsp3) is 0.273. The molecule has 3 rings (SSSR count). The van der Waals surface area contributed by atoms with Crippen LogP contribution in [0.5, 0.6) is 11.5 Å². The molecule has 1 heterocycles. The number of hydrogen-bond donors (Lipinski definition) is 1. The quantitative estimate of drug-likeness (QED) is 0.572. The summed E-state index contributed by atoms with van der Waals surface area (Å²) in [6, 6.07) is 7.45. The Labute approximate surface area is 168 Å². The van der Waals surface area contributed by atoms with E-state index in [0.29, 0.717) is 30.0 Å². The van der Waals surface area contributed by atoms with Crippen molar-refractivity contribution in [1.29, 1.82) is 0 Å². The third-order valence-corrected chi connectivity index (χ3v) is 4.55. The maximum absolute atomic E-state index is 12.4. The molecule has 0 unspecified atom stereocenters. The summed E-state index contributed by atoms with van der Waals surface area (Å²) in [7, 11) is 0. The minimum atomic E-state index is -4.72. The topological polar surface area (TPSA) is 47.7 Å². The molecule has 154 valence electrons. The summed E-state index contributed by atoms with van der Waals surface area (Å²) in [6.07, 6.45) is 3.61. The maximum Gasteiger partial charge on any atom is 0.573 e. The number of rotatable bonds is 7. The van der Waals surface area contributed by atoms with Crippen molar-refractivity contribution >= 4 is 11.4 Å². The van der Waals surface area contributed by atoms with Crippen molar-refractivity contribution in [2.45, 2.75) is 32.5 Å². The summed E-state index contributed by atoms with van der Waals surface area (Å²) in [5, 5.41) is 0. The Morgan fingerprint density at radius 3 is 2.62 bits per heavy atom. The first-order valence-electron chi connectivity index (χ1n) is 9.36. The van der Waals surface area contributed by atoms with Gasteiger partial charge < -0.3 is 20.1 Å². The van der Waals surface area contributed by atoms with Gasteiger partial charge in [-0.2, -0.15) is 0 Å². The maximum atomic E-state index is 12.4. The lowest BCUT2D eigenvalue weighted by Gasteiger charge is -2.22. The summed E-state index contributed by atoms with van der Waals surface area (Å²) in [4.78, 5) is 1.88. The lowest BCUT2D eigenvalue weighted by Crippen LogP contribution is -2.16. The number of nitrogens with zero attached hydrogens (tertiary/aromatic N) is 1. The molecule has 0 atom stereocenters. The number of anilines is 2. The predicted octanol–water partition coefficient (Wildman–Crippen LogP) is 6.03. The van der Waals surface area contributed by atoms with E-state index in [0.717, 1.165) is 29.7 Å². The molecule has 0 saturated heterocycles. The number of hydrogen-bond acceptors (Lipinski definition) is 4. The second-order valence-electron chi connectivity index (χ2n) is 6.60. The van der Waals surface area contributed by atoms with Gasteiger partial charge in [0, 0.05) is 29.9 Å². The van der Waals surface area contributed by atoms with E-state index in [1.165, 1.54) is 12.1 Å². The third kappa shape index (κ3) is 4.67. The Balaban J connectivity index is 1.99. The van der Waals surface area contributed by atoms with Gasteiger partial charge in [0.2, 0.25) is 0 Å². The van der Waals surface area contributed by atoms with Crippen LogP contribution in [0.25, 0.3) is 11.1 Å². The monoisotopic (exact) mass is 404 g/mol. The number of ether oxygens (including phenoxy) is 2. The van der Waals surface area contributed by atoms with Crippen molar-refractivity contribution in [3.63, 3.8) is 0 Å². The molecule has 0 saturated carbocycles. The van der Waals surface area contributed by atoms with Crippen LogP contribution >= 0.6 is 0 Å². The van der Waals surface area contributed by atoms with Crippen LogP contribution in [0.1, 0.15) is 25.3 Å². The first kappa shape index (κ1) is 20.6. The van der Waals surface area contributed by atoms with Gasteiger partial charge in [0.25, 0.3) is 0 Å². The molecule has 0 spiro atoms. The van der Waals surface area contributed by atoms with E-state index >= 15 is 0 Å². The second kappa shape index (κ2) is 8.51. The fourth-order valence-corrected chi connectivity index (χ4v) is 3.32. The zero-order chi connectivity index (χ0) is 21.0. The molecule has 0 aromatic heterocycles. The van der Waals surface area contributed by atoms with Crippen LogP contribution in [0.3, 0.4) is 0 Å². The van der Waals surface area contributed by atoms with E-state index < -0.39 is 6.36 Å². The summed E-state index contributed by atoms with van der Waals surface area (Å²) in [5.74, 6) is 0.414. The van der Waals surface area contributed by atoms with Crippen molar-refractivity contribution in [3.05, 3.63) is 61.0 Å². The second-order valence-corrected chi connectivity index (χ2v) is 6.60. The first-order chi connectivity index (χ1) is 13.8. The van der Waals surface area contributed by atoms with Gasteiger partial charge in [0.15, 0.2) is 0 Å². The summed E-state index contributed by atoms with van der Waals surface area (Å²) < 4.78 is 47.0. The summed E-state index contributed by atoms with van der Waals surface area (Å²) in [5.41, 5.74) is 10.1. The highest BCUT2D eigenvalue weighted by atomic mass is 19.4. The summed E-state index contributed by atoms with van der Waals surface area (Å²) >= 11 is 0. The van der Waals surface area contributed by atoms with Gasteiger partial charge in [0.1, 0.15) is 11.5 Å². The van der Waals surface area contributed by atoms with Gasteiger partial charge >= 0.3 is 6.36 Å². The van der Waals surface area contributed by atoms with Crippen LogP contribution in [0.4, 0.5) is 24.5 Å². The normalized spacial score (nSPS) is 13.2. The SMILES string of the molecule is C=CN(/C=C\CCC)c1c(N)cc(-c2ccc(OC(F)(F)F)cc2)c2c1CCO2.